The minimum absolute atomic E-state index is 0.381. The Bertz CT molecular complexity index is 255. The summed E-state index contributed by atoms with van der Waals surface area (Å²) in [5.74, 6) is 0. The molecule has 0 N–H and O–H groups in total. The maximum atomic E-state index is 11.8. The summed E-state index contributed by atoms with van der Waals surface area (Å²) in [7, 11) is -9.36. The molecule has 0 fully saturated rings. The second-order valence-corrected chi connectivity index (χ2v) is 5.12. The van der Waals surface area contributed by atoms with E-state index in [-0.39, 0.29) is 0 Å². The van der Waals surface area contributed by atoms with Gasteiger partial charge in [0.25, 0.3) is 0 Å². The first-order chi connectivity index (χ1) is 4.59. The number of thiophene rings is 1. The lowest BCUT2D eigenvalue weighted by Gasteiger charge is -2.39. The summed E-state index contributed by atoms with van der Waals surface area (Å²) in [6.07, 6.45) is 0. The molecule has 0 spiro atoms. The van der Waals surface area contributed by atoms with Gasteiger partial charge in [0.1, 0.15) is 4.90 Å². The van der Waals surface area contributed by atoms with Gasteiger partial charge in [0.15, 0.2) is 0 Å². The molecule has 0 aliphatic carbocycles. The Hall–Kier alpha value is -0.300. The highest BCUT2D eigenvalue weighted by Gasteiger charge is 2.65. The Balaban J connectivity index is 3.33. The number of hydrogen-bond donors (Lipinski definition) is 0. The van der Waals surface area contributed by atoms with Gasteiger partial charge in [0.2, 0.25) is 0 Å². The first-order valence-corrected chi connectivity index (χ1v) is 5.25. The predicted molar refractivity (Wildman–Crippen MR) is 35.7 cm³/mol. The first-order valence-electron chi connectivity index (χ1n) is 2.36. The van der Waals surface area contributed by atoms with Crippen LogP contribution < -0.4 is 0 Å². The molecule has 1 rings (SSSR count). The van der Waals surface area contributed by atoms with Gasteiger partial charge in [-0.1, -0.05) is 19.4 Å². The maximum Gasteiger partial charge on any atom is 0.311 e. The second kappa shape index (κ2) is 1.56. The molecule has 0 saturated carbocycles. The molecule has 7 heteroatoms. The molecule has 0 aliphatic rings. The Morgan fingerprint density at radius 3 is 1.82 bits per heavy atom. The van der Waals surface area contributed by atoms with Crippen molar-refractivity contribution < 1.29 is 19.4 Å². The Labute approximate surface area is 63.4 Å². The number of rotatable bonds is 1. The molecule has 0 nitrogen and oxygen atoms in total. The third kappa shape index (κ3) is 2.06. The van der Waals surface area contributed by atoms with E-state index in [0.717, 1.165) is 5.38 Å². The number of halogens is 5. The van der Waals surface area contributed by atoms with E-state index in [9.17, 15) is 19.4 Å². The summed E-state index contributed by atoms with van der Waals surface area (Å²) in [6.45, 7) is 0. The highest BCUT2D eigenvalue weighted by atomic mass is 32.5. The van der Waals surface area contributed by atoms with Crippen LogP contribution in [-0.2, 0) is 0 Å². The van der Waals surface area contributed by atoms with E-state index in [1.54, 1.807) is 0 Å². The molecular formula is C4H3F5S2. The van der Waals surface area contributed by atoms with Crippen LogP contribution in [-0.4, -0.2) is 0 Å². The van der Waals surface area contributed by atoms with Crippen LogP contribution in [0.1, 0.15) is 0 Å². The van der Waals surface area contributed by atoms with Crippen molar-refractivity contribution in [2.45, 2.75) is 4.90 Å². The summed E-state index contributed by atoms with van der Waals surface area (Å²) >= 11 is 0.593. The van der Waals surface area contributed by atoms with Gasteiger partial charge in [-0.3, -0.25) is 0 Å². The van der Waals surface area contributed by atoms with Crippen molar-refractivity contribution in [2.24, 2.45) is 0 Å². The quantitative estimate of drug-likeness (QED) is 0.602. The van der Waals surface area contributed by atoms with Gasteiger partial charge in [-0.15, -0.1) is 0 Å². The number of hydrogen-bond acceptors (Lipinski definition) is 1. The largest absolute Gasteiger partial charge is 0.311 e. The summed E-state index contributed by atoms with van der Waals surface area (Å²) in [5.41, 5.74) is 0. The van der Waals surface area contributed by atoms with Crippen molar-refractivity contribution >= 4 is 21.6 Å². The fourth-order valence-corrected chi connectivity index (χ4v) is 2.29. The normalized spacial score (nSPS) is 19.0. The average Bonchev–Trinajstić information content (AvgIpc) is 2.01. The third-order valence-corrected chi connectivity index (χ3v) is 2.92. The van der Waals surface area contributed by atoms with Crippen molar-refractivity contribution in [1.29, 1.82) is 0 Å². The molecule has 0 unspecified atom stereocenters. The van der Waals surface area contributed by atoms with E-state index in [0.29, 0.717) is 22.8 Å². The SMILES string of the molecule is FS(F)(F)(F)(F)c1ccsc1. The van der Waals surface area contributed by atoms with E-state index in [1.807, 2.05) is 0 Å². The highest BCUT2D eigenvalue weighted by molar-refractivity contribution is 8.45. The van der Waals surface area contributed by atoms with E-state index >= 15 is 0 Å². The Kier molecular flexibility index (Phi) is 1.25. The molecule has 1 heterocycles. The van der Waals surface area contributed by atoms with Crippen molar-refractivity contribution in [3.63, 3.8) is 0 Å². The maximum absolute atomic E-state index is 11.8. The lowest BCUT2D eigenvalue weighted by molar-refractivity contribution is 0.364. The first kappa shape index (κ1) is 8.79. The van der Waals surface area contributed by atoms with Crippen molar-refractivity contribution in [3.05, 3.63) is 16.8 Å². The van der Waals surface area contributed by atoms with Crippen LogP contribution in [0.3, 0.4) is 0 Å². The van der Waals surface area contributed by atoms with Crippen LogP contribution in [0.5, 0.6) is 0 Å². The average molecular weight is 210 g/mol. The third-order valence-electron chi connectivity index (χ3n) is 0.941. The van der Waals surface area contributed by atoms with E-state index in [2.05, 4.69) is 0 Å². The minimum Gasteiger partial charge on any atom is -0.151 e. The van der Waals surface area contributed by atoms with Crippen LogP contribution in [0.15, 0.2) is 21.7 Å². The smallest absolute Gasteiger partial charge is 0.151 e. The van der Waals surface area contributed by atoms with Crippen LogP contribution in [0.4, 0.5) is 19.4 Å². The zero-order valence-electron chi connectivity index (χ0n) is 4.94. The summed E-state index contributed by atoms with van der Waals surface area (Å²) in [5, 5.41) is 1.37. The molecule has 0 radical (unpaired) electrons. The van der Waals surface area contributed by atoms with E-state index in [1.165, 1.54) is 0 Å². The summed E-state index contributed by atoms with van der Waals surface area (Å²) in [4.78, 5) is -1.81. The van der Waals surface area contributed by atoms with Gasteiger partial charge in [-0.25, -0.2) is 0 Å². The molecule has 66 valence electrons. The second-order valence-electron chi connectivity index (χ2n) is 1.93. The fraction of sp³-hybridized carbons (Fsp3) is 0. The van der Waals surface area contributed by atoms with Gasteiger partial charge in [0, 0.05) is 5.38 Å². The minimum atomic E-state index is -9.36. The fourth-order valence-electron chi connectivity index (χ4n) is 0.471. The zero-order valence-corrected chi connectivity index (χ0v) is 6.57. The lowest BCUT2D eigenvalue weighted by Crippen LogP contribution is -2.03. The molecular weight excluding hydrogens is 207 g/mol. The summed E-state index contributed by atoms with van der Waals surface area (Å²) < 4.78 is 58.9. The van der Waals surface area contributed by atoms with Gasteiger partial charge >= 0.3 is 10.2 Å². The highest BCUT2D eigenvalue weighted by Crippen LogP contribution is 3.02. The van der Waals surface area contributed by atoms with Crippen molar-refractivity contribution in [1.82, 2.24) is 0 Å². The standard InChI is InChI=1S/C4H3F5S2/c5-11(6,7,8,9)4-1-2-10-3-4/h1-3H. The van der Waals surface area contributed by atoms with Gasteiger partial charge in [-0.05, 0) is 11.4 Å². The van der Waals surface area contributed by atoms with Gasteiger partial charge in [0.05, 0.1) is 0 Å². The topological polar surface area (TPSA) is 0 Å². The van der Waals surface area contributed by atoms with E-state index in [4.69, 9.17) is 0 Å². The van der Waals surface area contributed by atoms with Gasteiger partial charge < -0.3 is 0 Å². The monoisotopic (exact) mass is 210 g/mol. The molecule has 1 aromatic heterocycles. The van der Waals surface area contributed by atoms with Crippen LogP contribution in [0.2, 0.25) is 0 Å². The molecule has 1 aromatic rings. The molecule has 0 saturated heterocycles. The summed E-state index contributed by atoms with van der Waals surface area (Å²) in [6, 6.07) is 0.381. The van der Waals surface area contributed by atoms with Crippen LogP contribution >= 0.6 is 21.6 Å². The zero-order chi connectivity index (χ0) is 8.81. The van der Waals surface area contributed by atoms with Crippen molar-refractivity contribution in [2.75, 3.05) is 0 Å². The lowest BCUT2D eigenvalue weighted by atomic mass is 10.7. The van der Waals surface area contributed by atoms with Gasteiger partial charge in [-0.2, -0.15) is 11.3 Å². The molecule has 0 amide bonds. The van der Waals surface area contributed by atoms with Crippen LogP contribution in [0.25, 0.3) is 0 Å². The van der Waals surface area contributed by atoms with Crippen molar-refractivity contribution in [3.8, 4) is 0 Å². The Morgan fingerprint density at radius 2 is 1.64 bits per heavy atom. The molecule has 0 bridgehead atoms. The molecule has 0 aromatic carbocycles. The molecule has 11 heavy (non-hydrogen) atoms. The predicted octanol–water partition coefficient (Wildman–Crippen LogP) is 4.41. The van der Waals surface area contributed by atoms with E-state index < -0.39 is 15.1 Å². The van der Waals surface area contributed by atoms with Crippen LogP contribution in [0, 0.1) is 0 Å². The molecule has 0 atom stereocenters. The Morgan fingerprint density at radius 1 is 1.09 bits per heavy atom. The molecule has 0 aliphatic heterocycles.